The van der Waals surface area contributed by atoms with Crippen LogP contribution in [0.3, 0.4) is 0 Å². The highest BCUT2D eigenvalue weighted by Crippen LogP contribution is 2.22. The molecule has 1 saturated carbocycles. The molecule has 0 bridgehead atoms. The molecule has 166 valence electrons. The van der Waals surface area contributed by atoms with Gasteiger partial charge in [0, 0.05) is 18.6 Å². The molecule has 0 unspecified atom stereocenters. The Hall–Kier alpha value is -1.65. The summed E-state index contributed by atoms with van der Waals surface area (Å²) < 4.78 is 4.65. The quantitative estimate of drug-likeness (QED) is 0.632. The van der Waals surface area contributed by atoms with Crippen LogP contribution in [0, 0.1) is 0 Å². The number of esters is 1. The second-order valence-electron chi connectivity index (χ2n) is 6.79. The van der Waals surface area contributed by atoms with Crippen molar-refractivity contribution < 1.29 is 9.53 Å². The van der Waals surface area contributed by atoms with E-state index in [-0.39, 0.29) is 5.97 Å². The molecule has 2 aliphatic rings. The van der Waals surface area contributed by atoms with Crippen molar-refractivity contribution >= 4 is 12.0 Å². The zero-order chi connectivity index (χ0) is 21.9. The van der Waals surface area contributed by atoms with Gasteiger partial charge in [0.15, 0.2) is 0 Å². The zero-order valence-electron chi connectivity index (χ0n) is 19.6. The van der Waals surface area contributed by atoms with Gasteiger partial charge >= 0.3 is 5.97 Å². The molecule has 0 aromatic heterocycles. The number of benzene rings is 1. The highest BCUT2D eigenvalue weighted by atomic mass is 16.5. The van der Waals surface area contributed by atoms with Crippen molar-refractivity contribution in [3.63, 3.8) is 0 Å². The normalized spacial score (nSPS) is 16.5. The summed E-state index contributed by atoms with van der Waals surface area (Å²) in [6.45, 7) is 13.1. The Morgan fingerprint density at radius 2 is 1.59 bits per heavy atom. The van der Waals surface area contributed by atoms with Crippen LogP contribution in [-0.2, 0) is 9.53 Å². The SMILES string of the molecule is C/C=C\c1ccccc1.CC.CC.COC(=O)CCN1CCC(NC2CC2)CC1. The number of hydrogen-bond donors (Lipinski definition) is 1. The molecule has 29 heavy (non-hydrogen) atoms. The van der Waals surface area contributed by atoms with Crippen LogP contribution in [0.25, 0.3) is 6.08 Å². The molecule has 2 fully saturated rings. The van der Waals surface area contributed by atoms with E-state index in [2.05, 4.69) is 33.2 Å². The predicted molar refractivity (Wildman–Crippen MR) is 126 cm³/mol. The molecule has 4 nitrogen and oxygen atoms in total. The van der Waals surface area contributed by atoms with Crippen molar-refractivity contribution in [2.24, 2.45) is 0 Å². The maximum absolute atomic E-state index is 11.0. The van der Waals surface area contributed by atoms with E-state index in [1.807, 2.05) is 58.9 Å². The van der Waals surface area contributed by atoms with Crippen LogP contribution in [0.5, 0.6) is 0 Å². The molecule has 1 aliphatic heterocycles. The van der Waals surface area contributed by atoms with E-state index >= 15 is 0 Å². The minimum Gasteiger partial charge on any atom is -0.469 e. The third-order valence-electron chi connectivity index (χ3n) is 4.65. The molecular weight excluding hydrogens is 360 g/mol. The molecule has 1 aromatic carbocycles. The van der Waals surface area contributed by atoms with Gasteiger partial charge < -0.3 is 15.0 Å². The predicted octanol–water partition coefficient (Wildman–Crippen LogP) is 5.54. The Bertz CT molecular complexity index is 519. The zero-order valence-corrected chi connectivity index (χ0v) is 19.6. The molecule has 0 atom stereocenters. The van der Waals surface area contributed by atoms with E-state index in [9.17, 15) is 4.79 Å². The monoisotopic (exact) mass is 404 g/mol. The van der Waals surface area contributed by atoms with E-state index in [1.165, 1.54) is 38.4 Å². The number of allylic oxidation sites excluding steroid dienone is 1. The first-order valence-electron chi connectivity index (χ1n) is 11.4. The Balaban J connectivity index is 0.000000513. The van der Waals surface area contributed by atoms with E-state index in [0.29, 0.717) is 12.5 Å². The molecule has 0 radical (unpaired) electrons. The molecule has 0 spiro atoms. The molecule has 3 rings (SSSR count). The number of rotatable bonds is 6. The number of likely N-dealkylation sites (tertiary alicyclic amines) is 1. The van der Waals surface area contributed by atoms with Crippen molar-refractivity contribution in [3.05, 3.63) is 42.0 Å². The van der Waals surface area contributed by atoms with Gasteiger partial charge in [0.2, 0.25) is 0 Å². The van der Waals surface area contributed by atoms with Gasteiger partial charge in [-0.1, -0.05) is 70.2 Å². The molecule has 4 heteroatoms. The van der Waals surface area contributed by atoms with Gasteiger partial charge in [-0.25, -0.2) is 0 Å². The van der Waals surface area contributed by atoms with Crippen LogP contribution >= 0.6 is 0 Å². The summed E-state index contributed by atoms with van der Waals surface area (Å²) >= 11 is 0. The van der Waals surface area contributed by atoms with Gasteiger partial charge in [-0.3, -0.25) is 4.79 Å². The van der Waals surface area contributed by atoms with E-state index in [4.69, 9.17) is 0 Å². The van der Waals surface area contributed by atoms with Gasteiger partial charge in [-0.2, -0.15) is 0 Å². The van der Waals surface area contributed by atoms with Crippen LogP contribution in [-0.4, -0.2) is 49.7 Å². The van der Waals surface area contributed by atoms with E-state index < -0.39 is 0 Å². The number of nitrogens with one attached hydrogen (secondary N) is 1. The van der Waals surface area contributed by atoms with Crippen LogP contribution in [0.15, 0.2) is 36.4 Å². The number of nitrogens with zero attached hydrogens (tertiary/aromatic N) is 1. The number of carbonyl (C=O) groups excluding carboxylic acids is 1. The lowest BCUT2D eigenvalue weighted by atomic mass is 10.0. The van der Waals surface area contributed by atoms with Crippen molar-refractivity contribution in [1.29, 1.82) is 0 Å². The largest absolute Gasteiger partial charge is 0.469 e. The molecule has 1 saturated heterocycles. The summed E-state index contributed by atoms with van der Waals surface area (Å²) in [7, 11) is 1.45. The first kappa shape index (κ1) is 27.4. The van der Waals surface area contributed by atoms with Gasteiger partial charge in [-0.15, -0.1) is 0 Å². The average molecular weight is 405 g/mol. The highest BCUT2D eigenvalue weighted by molar-refractivity contribution is 5.69. The molecule has 1 aliphatic carbocycles. The van der Waals surface area contributed by atoms with Gasteiger partial charge in [0.05, 0.1) is 13.5 Å². The van der Waals surface area contributed by atoms with Crippen molar-refractivity contribution in [2.75, 3.05) is 26.7 Å². The van der Waals surface area contributed by atoms with E-state index in [0.717, 1.165) is 25.7 Å². The van der Waals surface area contributed by atoms with Crippen LogP contribution in [0.1, 0.15) is 72.3 Å². The minimum absolute atomic E-state index is 0.0989. The highest BCUT2D eigenvalue weighted by Gasteiger charge is 2.27. The maximum Gasteiger partial charge on any atom is 0.306 e. The van der Waals surface area contributed by atoms with E-state index in [1.54, 1.807) is 0 Å². The first-order valence-corrected chi connectivity index (χ1v) is 11.4. The molecular formula is C25H44N2O2. The number of ether oxygens (including phenoxy) is 1. The number of methoxy groups -OCH3 is 1. The Kier molecular flexibility index (Phi) is 17.3. The standard InChI is InChI=1S/C12H22N2O2.C9H10.2C2H6/c1-16-12(15)6-9-14-7-4-11(5-8-14)13-10-2-3-10;1-2-6-9-7-4-3-5-8-9;2*1-2/h10-11,13H,2-9H2,1H3;2-8H,1H3;2*1-2H3/b;6-2-;;. The lowest BCUT2D eigenvalue weighted by Crippen LogP contribution is -2.43. The summed E-state index contributed by atoms with van der Waals surface area (Å²) in [6.07, 6.45) is 9.81. The number of piperidine rings is 1. The summed E-state index contributed by atoms with van der Waals surface area (Å²) in [4.78, 5) is 13.4. The topological polar surface area (TPSA) is 41.6 Å². The number of hydrogen-bond acceptors (Lipinski definition) is 4. The number of carbonyl (C=O) groups is 1. The summed E-state index contributed by atoms with van der Waals surface area (Å²) in [6, 6.07) is 11.8. The maximum atomic E-state index is 11.0. The Morgan fingerprint density at radius 1 is 1.03 bits per heavy atom. The van der Waals surface area contributed by atoms with Crippen LogP contribution in [0.4, 0.5) is 0 Å². The first-order chi connectivity index (χ1) is 14.2. The minimum atomic E-state index is -0.0989. The summed E-state index contributed by atoms with van der Waals surface area (Å²) in [5.74, 6) is -0.0989. The van der Waals surface area contributed by atoms with Crippen molar-refractivity contribution in [3.8, 4) is 0 Å². The smallest absolute Gasteiger partial charge is 0.306 e. The Labute approximate surface area is 179 Å². The summed E-state index contributed by atoms with van der Waals surface area (Å²) in [5, 5.41) is 3.67. The molecule has 1 heterocycles. The van der Waals surface area contributed by atoms with Gasteiger partial charge in [0.1, 0.15) is 0 Å². The molecule has 0 amide bonds. The Morgan fingerprint density at radius 3 is 2.07 bits per heavy atom. The van der Waals surface area contributed by atoms with Gasteiger partial charge in [0.25, 0.3) is 0 Å². The fourth-order valence-corrected chi connectivity index (χ4v) is 3.01. The fraction of sp³-hybridized carbons (Fsp3) is 0.640. The van der Waals surface area contributed by atoms with Crippen molar-refractivity contribution in [2.45, 2.75) is 78.8 Å². The average Bonchev–Trinajstić information content (AvgIpc) is 3.61. The molecule has 1 N–H and O–H groups in total. The second-order valence-corrected chi connectivity index (χ2v) is 6.79. The van der Waals surface area contributed by atoms with Crippen molar-refractivity contribution in [1.82, 2.24) is 10.2 Å². The molecule has 1 aromatic rings. The van der Waals surface area contributed by atoms with Gasteiger partial charge in [-0.05, 0) is 51.3 Å². The lowest BCUT2D eigenvalue weighted by molar-refractivity contribution is -0.141. The second kappa shape index (κ2) is 18.4. The van der Waals surface area contributed by atoms with Crippen LogP contribution in [0.2, 0.25) is 0 Å². The van der Waals surface area contributed by atoms with Crippen LogP contribution < -0.4 is 5.32 Å². The third-order valence-corrected chi connectivity index (χ3v) is 4.65. The summed E-state index contributed by atoms with van der Waals surface area (Å²) in [5.41, 5.74) is 1.26. The lowest BCUT2D eigenvalue weighted by Gasteiger charge is -2.32. The fourth-order valence-electron chi connectivity index (χ4n) is 3.01. The third kappa shape index (κ3) is 14.0.